The first-order valence-electron chi connectivity index (χ1n) is 8.61. The maximum absolute atomic E-state index is 12.8. The highest BCUT2D eigenvalue weighted by molar-refractivity contribution is 14.0. The van der Waals surface area contributed by atoms with Gasteiger partial charge in [-0.2, -0.15) is 18.2 Å². The highest BCUT2D eigenvalue weighted by atomic mass is 127. The minimum Gasteiger partial charge on any atom is -0.357 e. The Morgan fingerprint density at radius 3 is 2.46 bits per heavy atom. The quantitative estimate of drug-likeness (QED) is 0.357. The fraction of sp³-hybridized carbons (Fsp3) is 0.500. The second-order valence-corrected chi connectivity index (χ2v) is 7.01. The third kappa shape index (κ3) is 7.28. The maximum Gasteiger partial charge on any atom is 0.416 e. The lowest BCUT2D eigenvalue weighted by molar-refractivity contribution is -0.137. The first-order chi connectivity index (χ1) is 12.6. The van der Waals surface area contributed by atoms with Crippen molar-refractivity contribution in [2.45, 2.75) is 52.4 Å². The molecule has 2 N–H and O–H groups in total. The van der Waals surface area contributed by atoms with E-state index < -0.39 is 11.7 Å². The van der Waals surface area contributed by atoms with Gasteiger partial charge in [0.05, 0.1) is 18.7 Å². The van der Waals surface area contributed by atoms with Gasteiger partial charge in [0.15, 0.2) is 11.8 Å². The van der Waals surface area contributed by atoms with Crippen molar-refractivity contribution in [3.63, 3.8) is 0 Å². The molecule has 0 saturated carbocycles. The molecular weight excluding hydrogens is 486 g/mol. The lowest BCUT2D eigenvalue weighted by Crippen LogP contribution is -2.37. The third-order valence-corrected chi connectivity index (χ3v) is 3.54. The lowest BCUT2D eigenvalue weighted by atomic mass is 9.97. The summed E-state index contributed by atoms with van der Waals surface area (Å²) in [6, 6.07) is 5.13. The van der Waals surface area contributed by atoms with Crippen molar-refractivity contribution in [2.75, 3.05) is 6.54 Å². The van der Waals surface area contributed by atoms with E-state index in [2.05, 4.69) is 25.8 Å². The van der Waals surface area contributed by atoms with Crippen LogP contribution < -0.4 is 10.6 Å². The molecule has 0 spiro atoms. The van der Waals surface area contributed by atoms with Crippen molar-refractivity contribution >= 4 is 29.9 Å². The molecule has 0 atom stereocenters. The molecule has 1 heterocycles. The van der Waals surface area contributed by atoms with E-state index in [1.54, 1.807) is 6.07 Å². The molecule has 10 heteroatoms. The van der Waals surface area contributed by atoms with Crippen LogP contribution in [0.15, 0.2) is 33.8 Å². The fourth-order valence-corrected chi connectivity index (χ4v) is 2.15. The number of rotatable bonds is 5. The van der Waals surface area contributed by atoms with Gasteiger partial charge in [-0.1, -0.05) is 38.1 Å². The Balaban J connectivity index is 0.00000392. The molecule has 0 bridgehead atoms. The van der Waals surface area contributed by atoms with Crippen LogP contribution in [-0.4, -0.2) is 22.6 Å². The van der Waals surface area contributed by atoms with Crippen molar-refractivity contribution in [3.8, 4) is 0 Å². The zero-order valence-electron chi connectivity index (χ0n) is 16.2. The topological polar surface area (TPSA) is 75.3 Å². The minimum absolute atomic E-state index is 0. The Morgan fingerprint density at radius 1 is 1.18 bits per heavy atom. The Morgan fingerprint density at radius 2 is 1.89 bits per heavy atom. The number of nitrogens with one attached hydrogen (secondary N) is 2. The lowest BCUT2D eigenvalue weighted by Gasteiger charge is -2.11. The molecule has 0 aliphatic heterocycles. The smallest absolute Gasteiger partial charge is 0.357 e. The van der Waals surface area contributed by atoms with Crippen LogP contribution in [-0.2, 0) is 24.7 Å². The number of benzene rings is 1. The van der Waals surface area contributed by atoms with Crippen molar-refractivity contribution < 1.29 is 17.7 Å². The number of nitrogens with zero attached hydrogens (tertiary/aromatic N) is 3. The molecule has 1 aromatic heterocycles. The van der Waals surface area contributed by atoms with Crippen LogP contribution >= 0.6 is 24.0 Å². The van der Waals surface area contributed by atoms with Gasteiger partial charge >= 0.3 is 6.18 Å². The molecule has 0 amide bonds. The number of aromatic nitrogens is 2. The Bertz CT molecular complexity index is 784. The molecule has 6 nitrogen and oxygen atoms in total. The molecule has 1 aromatic carbocycles. The van der Waals surface area contributed by atoms with E-state index in [4.69, 9.17) is 4.52 Å². The van der Waals surface area contributed by atoms with Crippen molar-refractivity contribution in [3.05, 3.63) is 47.1 Å². The largest absolute Gasteiger partial charge is 0.416 e. The summed E-state index contributed by atoms with van der Waals surface area (Å²) in [5.74, 6) is 1.46. The first kappa shape index (κ1) is 24.2. The summed E-state index contributed by atoms with van der Waals surface area (Å²) in [6.45, 7) is 8.81. The second-order valence-electron chi connectivity index (χ2n) is 7.01. The first-order valence-corrected chi connectivity index (χ1v) is 8.61. The molecule has 0 aliphatic rings. The summed E-state index contributed by atoms with van der Waals surface area (Å²) in [6.07, 6.45) is -4.37. The Labute approximate surface area is 179 Å². The monoisotopic (exact) mass is 511 g/mol. The molecule has 2 aromatic rings. The highest BCUT2D eigenvalue weighted by Crippen LogP contribution is 2.29. The average Bonchev–Trinajstić information content (AvgIpc) is 3.06. The van der Waals surface area contributed by atoms with Crippen molar-refractivity contribution in [2.24, 2.45) is 4.99 Å². The van der Waals surface area contributed by atoms with E-state index in [-0.39, 0.29) is 42.5 Å². The highest BCUT2D eigenvalue weighted by Gasteiger charge is 2.30. The van der Waals surface area contributed by atoms with Crippen LogP contribution in [0.2, 0.25) is 0 Å². The van der Waals surface area contributed by atoms with E-state index >= 15 is 0 Å². The van der Waals surface area contributed by atoms with Crippen LogP contribution in [0.25, 0.3) is 0 Å². The molecule has 156 valence electrons. The summed E-state index contributed by atoms with van der Waals surface area (Å²) in [7, 11) is 0. The SMILES string of the molecule is CCNC(=NCc1cccc(C(F)(F)F)c1)NCc1noc(C(C)(C)C)n1.I. The summed E-state index contributed by atoms with van der Waals surface area (Å²) < 4.78 is 43.6. The van der Waals surface area contributed by atoms with E-state index in [0.717, 1.165) is 12.1 Å². The van der Waals surface area contributed by atoms with Gasteiger partial charge in [0.1, 0.15) is 0 Å². The molecule has 28 heavy (non-hydrogen) atoms. The van der Waals surface area contributed by atoms with Gasteiger partial charge in [-0.3, -0.25) is 0 Å². The van der Waals surface area contributed by atoms with Crippen LogP contribution in [0.1, 0.15) is 50.5 Å². The molecule has 0 fully saturated rings. The second kappa shape index (κ2) is 10.1. The van der Waals surface area contributed by atoms with Gasteiger partial charge in [0, 0.05) is 12.0 Å². The summed E-state index contributed by atoms with van der Waals surface area (Å²) in [5.41, 5.74) is -0.459. The van der Waals surface area contributed by atoms with Gasteiger partial charge in [-0.25, -0.2) is 4.99 Å². The number of guanidine groups is 1. The summed E-state index contributed by atoms with van der Waals surface area (Å²) >= 11 is 0. The molecule has 0 aliphatic carbocycles. The zero-order valence-corrected chi connectivity index (χ0v) is 18.6. The molecule has 0 unspecified atom stereocenters. The predicted octanol–water partition coefficient (Wildman–Crippen LogP) is 4.26. The zero-order chi connectivity index (χ0) is 20.1. The summed E-state index contributed by atoms with van der Waals surface area (Å²) in [4.78, 5) is 8.64. The normalized spacial score (nSPS) is 12.5. The van der Waals surface area contributed by atoms with Crippen LogP contribution in [0, 0.1) is 0 Å². The van der Waals surface area contributed by atoms with Gasteiger partial charge in [-0.05, 0) is 24.6 Å². The number of alkyl halides is 3. The number of hydrogen-bond donors (Lipinski definition) is 2. The fourth-order valence-electron chi connectivity index (χ4n) is 2.15. The van der Waals surface area contributed by atoms with Gasteiger partial charge < -0.3 is 15.2 Å². The standard InChI is InChI=1S/C18H24F3N5O.HI/c1-5-22-16(24-11-14-25-15(27-26-14)17(2,3)4)23-10-12-7-6-8-13(9-12)18(19,20)21;/h6-9H,5,10-11H2,1-4H3,(H2,22,23,24);1H. The molecule has 0 saturated heterocycles. The number of halogens is 4. The maximum atomic E-state index is 12.8. The van der Waals surface area contributed by atoms with Gasteiger partial charge in [-0.15, -0.1) is 24.0 Å². The van der Waals surface area contributed by atoms with Crippen molar-refractivity contribution in [1.82, 2.24) is 20.8 Å². The van der Waals surface area contributed by atoms with Gasteiger partial charge in [0.2, 0.25) is 5.89 Å². The van der Waals surface area contributed by atoms with Crippen LogP contribution in [0.5, 0.6) is 0 Å². The Hall–Kier alpha value is -1.85. The number of hydrogen-bond acceptors (Lipinski definition) is 4. The van der Waals surface area contributed by atoms with Crippen molar-refractivity contribution in [1.29, 1.82) is 0 Å². The predicted molar refractivity (Wildman–Crippen MR) is 112 cm³/mol. The molecule has 0 radical (unpaired) electrons. The molecular formula is C18H25F3IN5O. The van der Waals surface area contributed by atoms with Gasteiger partial charge in [0.25, 0.3) is 0 Å². The van der Waals surface area contributed by atoms with E-state index in [1.807, 2.05) is 27.7 Å². The van der Waals surface area contributed by atoms with Crippen LogP contribution in [0.3, 0.4) is 0 Å². The number of aliphatic imine (C=N–C) groups is 1. The summed E-state index contributed by atoms with van der Waals surface area (Å²) in [5, 5.41) is 10.00. The van der Waals surface area contributed by atoms with E-state index in [9.17, 15) is 13.2 Å². The third-order valence-electron chi connectivity index (χ3n) is 3.54. The minimum atomic E-state index is -4.37. The van der Waals surface area contributed by atoms with E-state index in [0.29, 0.717) is 29.8 Å². The molecule has 2 rings (SSSR count). The Kier molecular flexibility index (Phi) is 8.71. The van der Waals surface area contributed by atoms with E-state index in [1.165, 1.54) is 6.07 Å². The van der Waals surface area contributed by atoms with Crippen LogP contribution in [0.4, 0.5) is 13.2 Å². The average molecular weight is 511 g/mol.